The maximum atomic E-state index is 12.6. The highest BCUT2D eigenvalue weighted by molar-refractivity contribution is 5.74. The van der Waals surface area contributed by atoms with E-state index in [9.17, 15) is 80.5 Å². The average Bonchev–Trinajstić information content (AvgIpc) is 3.29. The molecule has 30 nitrogen and oxygen atoms in total. The largest absolute Gasteiger partial charge is 0.394 e. The van der Waals surface area contributed by atoms with E-state index in [0.717, 1.165) is 27.7 Å². The summed E-state index contributed by atoms with van der Waals surface area (Å²) < 4.78 is 53.1. The first-order chi connectivity index (χ1) is 32.6. The van der Waals surface area contributed by atoms with Crippen LogP contribution in [0.1, 0.15) is 27.7 Å². The summed E-state index contributed by atoms with van der Waals surface area (Å²) in [6.45, 7) is -0.129. The lowest BCUT2D eigenvalue weighted by molar-refractivity contribution is -0.367. The van der Waals surface area contributed by atoms with Crippen LogP contribution < -0.4 is 26.6 Å². The smallest absolute Gasteiger partial charge is 0.217 e. The standard InChI is InChI=1S/C39H67N5O25/c1-11(50)41-20-27(56)31(16(7-46)61-35(20)60)67-37-23(43-13(3)52)29(58)33(18(9-48)64-37)69-39-24(44-14(4)53)30(59)34(19(10-49)65-39)68-38-22(42-12(2)51)28(57)32(17(8-47)63-38)66-36-21(40-5)26(55)25(54)15(6-45)62-36/h15-40,45-49,54-60H,6-10H2,1-5H3,(H,41,50)(H,42,51)(H,43,52)(H,44,53)/t15-,16-,17-,18-,19-,20-,21-,22-,23-,24-,25-,26-,27-,28-,29-,30-,31-,32-,33-,34-,35?,36+,37+,38+,39+/m1/s1. The van der Waals surface area contributed by atoms with Crippen LogP contribution >= 0.6 is 0 Å². The molecule has 5 fully saturated rings. The van der Waals surface area contributed by atoms with E-state index in [4.69, 9.17) is 42.6 Å². The van der Waals surface area contributed by atoms with Gasteiger partial charge in [-0.1, -0.05) is 0 Å². The zero-order valence-corrected chi connectivity index (χ0v) is 38.1. The van der Waals surface area contributed by atoms with Crippen molar-refractivity contribution < 1.29 is 123 Å². The minimum Gasteiger partial charge on any atom is -0.394 e. The Labute approximate surface area is 394 Å². The van der Waals surface area contributed by atoms with Crippen LogP contribution in [0.3, 0.4) is 0 Å². The van der Waals surface area contributed by atoms with Crippen LogP contribution in [-0.2, 0) is 61.8 Å². The van der Waals surface area contributed by atoms with Crippen LogP contribution in [0.15, 0.2) is 0 Å². The fourth-order valence-electron chi connectivity index (χ4n) is 8.98. The number of rotatable bonds is 18. The third-order valence-electron chi connectivity index (χ3n) is 12.3. The molecular formula is C39H67N5O25. The van der Waals surface area contributed by atoms with Crippen molar-refractivity contribution in [2.24, 2.45) is 0 Å². The summed E-state index contributed by atoms with van der Waals surface area (Å²) in [6, 6.07) is -7.58. The summed E-state index contributed by atoms with van der Waals surface area (Å²) in [7, 11) is 1.40. The van der Waals surface area contributed by atoms with E-state index in [1.165, 1.54) is 7.05 Å². The van der Waals surface area contributed by atoms with Crippen LogP contribution in [0.5, 0.6) is 0 Å². The quantitative estimate of drug-likeness (QED) is 0.0606. The van der Waals surface area contributed by atoms with Gasteiger partial charge in [0, 0.05) is 27.7 Å². The van der Waals surface area contributed by atoms with Crippen molar-refractivity contribution in [3.63, 3.8) is 0 Å². The molecule has 69 heavy (non-hydrogen) atoms. The molecule has 0 bridgehead atoms. The number of hydrogen-bond acceptors (Lipinski definition) is 26. The van der Waals surface area contributed by atoms with Gasteiger partial charge >= 0.3 is 0 Å². The molecule has 0 aromatic rings. The highest BCUT2D eigenvalue weighted by Crippen LogP contribution is 2.36. The number of nitrogens with one attached hydrogen (secondary N) is 5. The minimum absolute atomic E-state index is 0.680. The van der Waals surface area contributed by atoms with Crippen LogP contribution in [0.2, 0.25) is 0 Å². The summed E-state index contributed by atoms with van der Waals surface area (Å²) in [5.41, 5.74) is 0. The topological polar surface area (TPSA) is 454 Å². The van der Waals surface area contributed by atoms with Crippen LogP contribution in [0, 0.1) is 0 Å². The number of aliphatic hydroxyl groups excluding tert-OH is 12. The maximum absolute atomic E-state index is 12.6. The van der Waals surface area contributed by atoms with E-state index < -0.39 is 210 Å². The van der Waals surface area contributed by atoms with E-state index in [0.29, 0.717) is 0 Å². The molecule has 5 saturated heterocycles. The lowest BCUT2D eigenvalue weighted by Gasteiger charge is -2.51. The van der Waals surface area contributed by atoms with Gasteiger partial charge in [-0.25, -0.2) is 0 Å². The molecule has 0 aromatic heterocycles. The lowest BCUT2D eigenvalue weighted by atomic mass is 9.93. The first-order valence-corrected chi connectivity index (χ1v) is 22.1. The van der Waals surface area contributed by atoms with Gasteiger partial charge < -0.3 is 130 Å². The van der Waals surface area contributed by atoms with Gasteiger partial charge in [-0.2, -0.15) is 0 Å². The van der Waals surface area contributed by atoms with Gasteiger partial charge in [0.1, 0.15) is 116 Å². The molecule has 5 aliphatic rings. The molecule has 17 N–H and O–H groups in total. The maximum Gasteiger partial charge on any atom is 0.217 e. The summed E-state index contributed by atoms with van der Waals surface area (Å²) >= 11 is 0. The van der Waals surface area contributed by atoms with Crippen LogP contribution in [-0.4, -0.2) is 278 Å². The molecule has 30 heteroatoms. The molecule has 0 aromatic carbocycles. The number of carbonyl (C=O) groups excluding carboxylic acids is 4. The van der Waals surface area contributed by atoms with Crippen molar-refractivity contribution in [3.05, 3.63) is 0 Å². The van der Waals surface area contributed by atoms with E-state index in [1.54, 1.807) is 0 Å². The monoisotopic (exact) mass is 1010 g/mol. The zero-order valence-electron chi connectivity index (χ0n) is 38.1. The minimum atomic E-state index is -1.97. The van der Waals surface area contributed by atoms with Crippen molar-refractivity contribution in [1.29, 1.82) is 0 Å². The predicted molar refractivity (Wildman–Crippen MR) is 220 cm³/mol. The normalized spacial score (nSPS) is 45.0. The Morgan fingerprint density at radius 1 is 0.377 bits per heavy atom. The first-order valence-electron chi connectivity index (χ1n) is 22.1. The first kappa shape index (κ1) is 56.9. The molecular weight excluding hydrogens is 938 g/mol. The van der Waals surface area contributed by atoms with Gasteiger partial charge in [0.25, 0.3) is 0 Å². The number of carbonyl (C=O) groups is 4. The molecule has 25 atom stereocenters. The van der Waals surface area contributed by atoms with E-state index >= 15 is 0 Å². The highest BCUT2D eigenvalue weighted by Gasteiger charge is 2.57. The van der Waals surface area contributed by atoms with E-state index in [2.05, 4.69) is 26.6 Å². The lowest BCUT2D eigenvalue weighted by Crippen LogP contribution is -2.72. The van der Waals surface area contributed by atoms with Gasteiger partial charge in [0.05, 0.1) is 39.1 Å². The Morgan fingerprint density at radius 2 is 0.638 bits per heavy atom. The summed E-state index contributed by atoms with van der Waals surface area (Å²) in [4.78, 5) is 49.5. The molecule has 398 valence electrons. The Kier molecular flexibility index (Phi) is 20.7. The van der Waals surface area contributed by atoms with Gasteiger partial charge in [0.2, 0.25) is 23.6 Å². The second-order valence-corrected chi connectivity index (χ2v) is 17.2. The SMILES string of the molecule is CN[C@H]1[C@H](O[C@H]2[C@H](O)[C@@H](NC(C)=O)[C@H](O[C@H]3[C@H](O)[C@@H](NC(C)=O)[C@H](O[C@H]4[C@H](O)[C@@H](NC(C)=O)[C@H](O[C@H]5[C@H](O)[C@@H](NC(C)=O)C(O)O[C@@H]5CO)O[C@@H]4CO)O[C@@H]3CO)O[C@@H]2CO)O[C@H](CO)[C@@H](O)[C@@H]1O. The van der Waals surface area contributed by atoms with E-state index in [-0.39, 0.29) is 0 Å². The third kappa shape index (κ3) is 13.0. The van der Waals surface area contributed by atoms with Crippen molar-refractivity contribution in [2.75, 3.05) is 40.1 Å². The molecule has 0 radical (unpaired) electrons. The summed E-state index contributed by atoms with van der Waals surface area (Å²) in [5.74, 6) is -2.98. The number of amides is 4. The number of likely N-dealkylation sites (N-methyl/N-ethyl adjacent to an activating group) is 1. The van der Waals surface area contributed by atoms with Gasteiger partial charge in [-0.15, -0.1) is 0 Å². The van der Waals surface area contributed by atoms with Crippen LogP contribution in [0.4, 0.5) is 0 Å². The molecule has 1 unspecified atom stereocenters. The highest BCUT2D eigenvalue weighted by atomic mass is 16.8. The Hall–Kier alpha value is -3.00. The van der Waals surface area contributed by atoms with Crippen molar-refractivity contribution >= 4 is 23.6 Å². The number of aliphatic hydroxyl groups is 12. The van der Waals surface area contributed by atoms with Crippen molar-refractivity contribution in [1.82, 2.24) is 26.6 Å². The second kappa shape index (κ2) is 25.1. The Bertz CT molecular complexity index is 1700. The van der Waals surface area contributed by atoms with Gasteiger partial charge in [-0.05, 0) is 7.05 Å². The van der Waals surface area contributed by atoms with Gasteiger partial charge in [0.15, 0.2) is 31.5 Å². The molecule has 5 heterocycles. The van der Waals surface area contributed by atoms with Crippen LogP contribution in [0.25, 0.3) is 0 Å². The zero-order chi connectivity index (χ0) is 51.2. The van der Waals surface area contributed by atoms with E-state index in [1.807, 2.05) is 0 Å². The molecule has 0 aliphatic carbocycles. The fraction of sp³-hybridized carbons (Fsp3) is 0.897. The molecule has 4 amide bonds. The Balaban J connectivity index is 1.39. The predicted octanol–water partition coefficient (Wildman–Crippen LogP) is -11.1. The average molecular weight is 1010 g/mol. The van der Waals surface area contributed by atoms with Gasteiger partial charge in [-0.3, -0.25) is 19.2 Å². The number of ether oxygens (including phenoxy) is 9. The summed E-state index contributed by atoms with van der Waals surface area (Å²) in [6.07, 6.45) is -33.7. The molecule has 5 rings (SSSR count). The Morgan fingerprint density at radius 3 is 0.928 bits per heavy atom. The number of hydrogen-bond donors (Lipinski definition) is 17. The third-order valence-corrected chi connectivity index (χ3v) is 12.3. The molecule has 0 saturated carbocycles. The van der Waals surface area contributed by atoms with Crippen molar-refractivity contribution in [3.8, 4) is 0 Å². The molecule has 5 aliphatic heterocycles. The second-order valence-electron chi connectivity index (χ2n) is 17.2. The fourth-order valence-corrected chi connectivity index (χ4v) is 8.98. The molecule has 0 spiro atoms. The summed E-state index contributed by atoms with van der Waals surface area (Å²) in [5, 5.41) is 142. The van der Waals surface area contributed by atoms with Crippen molar-refractivity contribution in [2.45, 2.75) is 181 Å².